The fourth-order valence-electron chi connectivity index (χ4n) is 2.03. The van der Waals surface area contributed by atoms with E-state index in [4.69, 9.17) is 0 Å². The lowest BCUT2D eigenvalue weighted by Gasteiger charge is -2.07. The molecule has 0 unspecified atom stereocenters. The third-order valence-corrected chi connectivity index (χ3v) is 4.55. The maximum atomic E-state index is 12.5. The first kappa shape index (κ1) is 13.0. The van der Waals surface area contributed by atoms with Crippen LogP contribution in [0.25, 0.3) is 0 Å². The van der Waals surface area contributed by atoms with Crippen molar-refractivity contribution in [1.82, 2.24) is 0 Å². The summed E-state index contributed by atoms with van der Waals surface area (Å²) in [5.74, 6) is 0.153. The van der Waals surface area contributed by atoms with Crippen molar-refractivity contribution in [3.63, 3.8) is 0 Å². The smallest absolute Gasteiger partial charge is 0.203 e. The molecule has 0 aliphatic heterocycles. The first-order chi connectivity index (χ1) is 8.52. The van der Waals surface area contributed by atoms with E-state index in [2.05, 4.69) is 26.8 Å². The number of ketones is 1. The average Bonchev–Trinajstić information content (AvgIpc) is 2.81. The molecule has 1 heterocycles. The van der Waals surface area contributed by atoms with Crippen molar-refractivity contribution in [2.45, 2.75) is 34.1 Å². The highest BCUT2D eigenvalue weighted by atomic mass is 32.1. The van der Waals surface area contributed by atoms with Crippen LogP contribution in [0.5, 0.6) is 0 Å². The topological polar surface area (TPSA) is 17.1 Å². The predicted octanol–water partition coefficient (Wildman–Crippen LogP) is 4.47. The standard InChI is InChI=1S/C16H18OS/c1-5-13-6-7-15(18-13)16(17)14-9-11(3)10(2)8-12(14)4/h6-9H,5H2,1-4H3. The minimum Gasteiger partial charge on any atom is -0.288 e. The van der Waals surface area contributed by atoms with Crippen molar-refractivity contribution in [2.75, 3.05) is 0 Å². The Morgan fingerprint density at radius 2 is 1.72 bits per heavy atom. The van der Waals surface area contributed by atoms with E-state index in [1.165, 1.54) is 16.0 Å². The summed E-state index contributed by atoms with van der Waals surface area (Å²) < 4.78 is 0. The summed E-state index contributed by atoms with van der Waals surface area (Å²) in [5, 5.41) is 0. The summed E-state index contributed by atoms with van der Waals surface area (Å²) in [6, 6.07) is 8.10. The summed E-state index contributed by atoms with van der Waals surface area (Å²) in [6.07, 6.45) is 0.990. The highest BCUT2D eigenvalue weighted by Crippen LogP contribution is 2.23. The zero-order valence-electron chi connectivity index (χ0n) is 11.3. The van der Waals surface area contributed by atoms with E-state index in [9.17, 15) is 4.79 Å². The normalized spacial score (nSPS) is 10.7. The first-order valence-corrected chi connectivity index (χ1v) is 7.05. The maximum Gasteiger partial charge on any atom is 0.203 e. The third kappa shape index (κ3) is 2.39. The van der Waals surface area contributed by atoms with Crippen molar-refractivity contribution in [2.24, 2.45) is 0 Å². The van der Waals surface area contributed by atoms with E-state index < -0.39 is 0 Å². The van der Waals surface area contributed by atoms with Crippen LogP contribution in [0.1, 0.15) is 43.7 Å². The Bertz CT molecular complexity index is 593. The van der Waals surface area contributed by atoms with Gasteiger partial charge in [-0.2, -0.15) is 0 Å². The molecule has 0 radical (unpaired) electrons. The second-order valence-corrected chi connectivity index (χ2v) is 5.87. The van der Waals surface area contributed by atoms with E-state index >= 15 is 0 Å². The molecule has 0 saturated carbocycles. The van der Waals surface area contributed by atoms with Crippen LogP contribution >= 0.6 is 11.3 Å². The molecule has 0 spiro atoms. The molecule has 0 aliphatic rings. The molecule has 94 valence electrons. The molecule has 0 saturated heterocycles. The van der Waals surface area contributed by atoms with Crippen molar-refractivity contribution in [3.05, 3.63) is 56.3 Å². The fraction of sp³-hybridized carbons (Fsp3) is 0.312. The Morgan fingerprint density at radius 1 is 1.06 bits per heavy atom. The van der Waals surface area contributed by atoms with Crippen LogP contribution < -0.4 is 0 Å². The number of carbonyl (C=O) groups excluding carboxylic acids is 1. The molecule has 0 N–H and O–H groups in total. The predicted molar refractivity (Wildman–Crippen MR) is 77.8 cm³/mol. The van der Waals surface area contributed by atoms with E-state index in [1.807, 2.05) is 25.1 Å². The minimum absolute atomic E-state index is 0.153. The molecule has 1 nitrogen and oxygen atoms in total. The molecule has 2 heteroatoms. The highest BCUT2D eigenvalue weighted by Gasteiger charge is 2.14. The average molecular weight is 258 g/mol. The minimum atomic E-state index is 0.153. The Morgan fingerprint density at radius 3 is 2.33 bits per heavy atom. The van der Waals surface area contributed by atoms with E-state index in [0.29, 0.717) is 0 Å². The van der Waals surface area contributed by atoms with Gasteiger partial charge in [-0.1, -0.05) is 13.0 Å². The zero-order valence-corrected chi connectivity index (χ0v) is 12.1. The molecule has 0 atom stereocenters. The molecule has 2 rings (SSSR count). The van der Waals surface area contributed by atoms with Gasteiger partial charge in [0.2, 0.25) is 5.78 Å². The second-order valence-electron chi connectivity index (χ2n) is 4.70. The van der Waals surface area contributed by atoms with Crippen LogP contribution in [0.2, 0.25) is 0 Å². The van der Waals surface area contributed by atoms with E-state index in [-0.39, 0.29) is 5.78 Å². The van der Waals surface area contributed by atoms with E-state index in [0.717, 1.165) is 22.4 Å². The van der Waals surface area contributed by atoms with Crippen LogP contribution in [-0.2, 0) is 6.42 Å². The van der Waals surface area contributed by atoms with Crippen LogP contribution in [0.3, 0.4) is 0 Å². The monoisotopic (exact) mass is 258 g/mol. The molecule has 0 fully saturated rings. The van der Waals surface area contributed by atoms with Gasteiger partial charge < -0.3 is 0 Å². The van der Waals surface area contributed by atoms with Gasteiger partial charge in [-0.3, -0.25) is 4.79 Å². The van der Waals surface area contributed by atoms with Crippen LogP contribution in [0, 0.1) is 20.8 Å². The molecule has 0 amide bonds. The van der Waals surface area contributed by atoms with Gasteiger partial charge in [0, 0.05) is 10.4 Å². The van der Waals surface area contributed by atoms with Crippen molar-refractivity contribution < 1.29 is 4.79 Å². The largest absolute Gasteiger partial charge is 0.288 e. The number of carbonyl (C=O) groups is 1. The lowest BCUT2D eigenvalue weighted by atomic mass is 9.97. The quantitative estimate of drug-likeness (QED) is 0.742. The summed E-state index contributed by atoms with van der Waals surface area (Å²) in [7, 11) is 0. The molecule has 0 aliphatic carbocycles. The van der Waals surface area contributed by atoms with Crippen LogP contribution in [0.15, 0.2) is 24.3 Å². The fourth-order valence-corrected chi connectivity index (χ4v) is 2.93. The van der Waals surface area contributed by atoms with Crippen LogP contribution in [-0.4, -0.2) is 5.78 Å². The first-order valence-electron chi connectivity index (χ1n) is 6.24. The zero-order chi connectivity index (χ0) is 13.3. The molecule has 1 aromatic heterocycles. The summed E-state index contributed by atoms with van der Waals surface area (Å²) in [5.41, 5.74) is 4.32. The summed E-state index contributed by atoms with van der Waals surface area (Å²) >= 11 is 1.61. The van der Waals surface area contributed by atoms with Crippen molar-refractivity contribution in [3.8, 4) is 0 Å². The van der Waals surface area contributed by atoms with Gasteiger partial charge in [-0.15, -0.1) is 11.3 Å². The number of benzene rings is 1. The van der Waals surface area contributed by atoms with Gasteiger partial charge >= 0.3 is 0 Å². The lowest BCUT2D eigenvalue weighted by molar-refractivity contribution is 0.104. The van der Waals surface area contributed by atoms with Crippen molar-refractivity contribution in [1.29, 1.82) is 0 Å². The summed E-state index contributed by atoms with van der Waals surface area (Å²) in [4.78, 5) is 14.6. The van der Waals surface area contributed by atoms with Gasteiger partial charge in [0.15, 0.2) is 0 Å². The lowest BCUT2D eigenvalue weighted by Crippen LogP contribution is -2.03. The van der Waals surface area contributed by atoms with Crippen LogP contribution in [0.4, 0.5) is 0 Å². The van der Waals surface area contributed by atoms with E-state index in [1.54, 1.807) is 11.3 Å². The number of rotatable bonds is 3. The number of thiophene rings is 1. The Balaban J connectivity index is 2.42. The molecular formula is C16H18OS. The molecule has 0 bridgehead atoms. The third-order valence-electron chi connectivity index (χ3n) is 3.32. The molecular weight excluding hydrogens is 240 g/mol. The number of hydrogen-bond acceptors (Lipinski definition) is 2. The Hall–Kier alpha value is -1.41. The molecule has 1 aromatic carbocycles. The molecule has 18 heavy (non-hydrogen) atoms. The number of aryl methyl sites for hydroxylation is 4. The maximum absolute atomic E-state index is 12.5. The Labute approximate surface area is 112 Å². The van der Waals surface area contributed by atoms with Gasteiger partial charge in [0.1, 0.15) is 0 Å². The highest BCUT2D eigenvalue weighted by molar-refractivity contribution is 7.14. The Kier molecular flexibility index (Phi) is 3.67. The van der Waals surface area contributed by atoms with Gasteiger partial charge in [-0.05, 0) is 62.1 Å². The van der Waals surface area contributed by atoms with Gasteiger partial charge in [-0.25, -0.2) is 0 Å². The van der Waals surface area contributed by atoms with Crippen molar-refractivity contribution >= 4 is 17.1 Å². The second kappa shape index (κ2) is 5.07. The van der Waals surface area contributed by atoms with Gasteiger partial charge in [0.05, 0.1) is 4.88 Å². The SMILES string of the molecule is CCc1ccc(C(=O)c2cc(C)c(C)cc2C)s1. The van der Waals surface area contributed by atoms with Gasteiger partial charge in [0.25, 0.3) is 0 Å². The molecule has 2 aromatic rings. The summed E-state index contributed by atoms with van der Waals surface area (Å²) in [6.45, 7) is 8.25. The number of hydrogen-bond donors (Lipinski definition) is 0.